The molecular formula is C11H19N3O5S. The van der Waals surface area contributed by atoms with Crippen molar-refractivity contribution in [2.45, 2.75) is 31.0 Å². The molecule has 0 spiro atoms. The number of amides is 2. The van der Waals surface area contributed by atoms with Crippen molar-refractivity contribution < 1.29 is 24.6 Å². The predicted octanol–water partition coefficient (Wildman–Crippen LogP) is -2.20. The molecule has 20 heavy (non-hydrogen) atoms. The molecule has 0 aliphatic carbocycles. The van der Waals surface area contributed by atoms with Crippen LogP contribution in [0.25, 0.3) is 0 Å². The molecule has 0 aromatic carbocycles. The first kappa shape index (κ1) is 16.7. The molecule has 0 aromatic rings. The Bertz CT molecular complexity index is 392. The Morgan fingerprint density at radius 3 is 2.60 bits per heavy atom. The predicted molar refractivity (Wildman–Crippen MR) is 73.2 cm³/mol. The molecule has 0 bridgehead atoms. The minimum absolute atomic E-state index is 0.0438. The first-order chi connectivity index (χ1) is 9.42. The normalized spacial score (nSPS) is 21.4. The Labute approximate surface area is 121 Å². The molecule has 0 unspecified atom stereocenters. The summed E-state index contributed by atoms with van der Waals surface area (Å²) in [6.07, 6.45) is 1.06. The number of carbonyl (C=O) groups excluding carboxylic acids is 2. The largest absolute Gasteiger partial charge is 0.480 e. The monoisotopic (exact) mass is 305 g/mol. The highest BCUT2D eigenvalue weighted by atomic mass is 32.1. The summed E-state index contributed by atoms with van der Waals surface area (Å²) in [6.45, 7) is -0.138. The molecule has 1 fully saturated rings. The number of nitrogens with two attached hydrogens (primary N) is 1. The lowest BCUT2D eigenvalue weighted by molar-refractivity contribution is -0.143. The average molecular weight is 305 g/mol. The maximum Gasteiger partial charge on any atom is 0.327 e. The van der Waals surface area contributed by atoms with Crippen LogP contribution in [0.2, 0.25) is 0 Å². The highest BCUT2D eigenvalue weighted by Crippen LogP contribution is 2.18. The first-order valence-electron chi connectivity index (χ1n) is 6.23. The second-order valence-electron chi connectivity index (χ2n) is 4.56. The number of thiol groups is 1. The summed E-state index contributed by atoms with van der Waals surface area (Å²) in [4.78, 5) is 36.1. The Kier molecular flexibility index (Phi) is 6.24. The number of carboxylic acid groups (broad SMARTS) is 1. The lowest BCUT2D eigenvalue weighted by atomic mass is 10.1. The molecular weight excluding hydrogens is 286 g/mol. The smallest absolute Gasteiger partial charge is 0.327 e. The van der Waals surface area contributed by atoms with Gasteiger partial charge in [-0.3, -0.25) is 9.59 Å². The van der Waals surface area contributed by atoms with Crippen molar-refractivity contribution in [3.05, 3.63) is 0 Å². The topological polar surface area (TPSA) is 133 Å². The van der Waals surface area contributed by atoms with Gasteiger partial charge < -0.3 is 26.2 Å². The SMILES string of the molecule is N[C@@H](CO)C(=O)N1CCC[C@H]1C(=O)N[C@@H](CS)C(=O)O. The summed E-state index contributed by atoms with van der Waals surface area (Å²) >= 11 is 3.85. The van der Waals surface area contributed by atoms with Crippen LogP contribution in [0.15, 0.2) is 0 Å². The number of hydrogen-bond donors (Lipinski definition) is 5. The van der Waals surface area contributed by atoms with Crippen LogP contribution < -0.4 is 11.1 Å². The number of aliphatic hydroxyl groups excluding tert-OH is 1. The summed E-state index contributed by atoms with van der Waals surface area (Å²) in [5.41, 5.74) is 5.46. The van der Waals surface area contributed by atoms with Gasteiger partial charge in [0.1, 0.15) is 18.1 Å². The van der Waals surface area contributed by atoms with Gasteiger partial charge in [-0.1, -0.05) is 0 Å². The lowest BCUT2D eigenvalue weighted by Crippen LogP contribution is -2.54. The fourth-order valence-corrected chi connectivity index (χ4v) is 2.30. The fourth-order valence-electron chi connectivity index (χ4n) is 2.05. The van der Waals surface area contributed by atoms with E-state index in [0.29, 0.717) is 19.4 Å². The van der Waals surface area contributed by atoms with E-state index in [2.05, 4.69) is 17.9 Å². The van der Waals surface area contributed by atoms with E-state index in [1.165, 1.54) is 4.90 Å². The molecule has 1 rings (SSSR count). The van der Waals surface area contributed by atoms with Gasteiger partial charge in [0, 0.05) is 12.3 Å². The number of nitrogens with one attached hydrogen (secondary N) is 1. The van der Waals surface area contributed by atoms with Gasteiger partial charge in [0.05, 0.1) is 6.61 Å². The molecule has 1 saturated heterocycles. The van der Waals surface area contributed by atoms with Gasteiger partial charge in [0.2, 0.25) is 11.8 Å². The lowest BCUT2D eigenvalue weighted by Gasteiger charge is -2.27. The Balaban J connectivity index is 2.71. The Morgan fingerprint density at radius 2 is 2.10 bits per heavy atom. The molecule has 114 valence electrons. The first-order valence-corrected chi connectivity index (χ1v) is 6.86. The van der Waals surface area contributed by atoms with Gasteiger partial charge in [0.25, 0.3) is 0 Å². The van der Waals surface area contributed by atoms with Crippen LogP contribution in [0.5, 0.6) is 0 Å². The maximum atomic E-state index is 12.0. The summed E-state index contributed by atoms with van der Waals surface area (Å²) < 4.78 is 0. The molecule has 5 N–H and O–H groups in total. The molecule has 1 aliphatic heterocycles. The molecule has 1 aliphatic rings. The van der Waals surface area contributed by atoms with Crippen molar-refractivity contribution >= 4 is 30.4 Å². The van der Waals surface area contributed by atoms with Crippen LogP contribution in [0.4, 0.5) is 0 Å². The standard InChI is InChI=1S/C11H19N3O5S/c12-6(4-15)10(17)14-3-1-2-8(14)9(16)13-7(5-20)11(18)19/h6-8,15,20H,1-5,12H2,(H,13,16)(H,18,19)/t6-,7-,8-/m0/s1. The van der Waals surface area contributed by atoms with Gasteiger partial charge in [-0.25, -0.2) is 4.79 Å². The van der Waals surface area contributed by atoms with Gasteiger partial charge in [-0.2, -0.15) is 12.6 Å². The highest BCUT2D eigenvalue weighted by Gasteiger charge is 2.37. The maximum absolute atomic E-state index is 12.0. The third-order valence-corrected chi connectivity index (χ3v) is 3.51. The molecule has 9 heteroatoms. The van der Waals surface area contributed by atoms with Gasteiger partial charge in [-0.15, -0.1) is 0 Å². The van der Waals surface area contributed by atoms with E-state index in [9.17, 15) is 14.4 Å². The quantitative estimate of drug-likeness (QED) is 0.354. The van der Waals surface area contributed by atoms with Gasteiger partial charge >= 0.3 is 5.97 Å². The van der Waals surface area contributed by atoms with Crippen LogP contribution in [-0.2, 0) is 14.4 Å². The van der Waals surface area contributed by atoms with E-state index in [0.717, 1.165) is 0 Å². The van der Waals surface area contributed by atoms with Crippen LogP contribution in [0, 0.1) is 0 Å². The van der Waals surface area contributed by atoms with E-state index in [1.54, 1.807) is 0 Å². The van der Waals surface area contributed by atoms with Crippen LogP contribution in [-0.4, -0.2) is 69.9 Å². The zero-order chi connectivity index (χ0) is 15.3. The highest BCUT2D eigenvalue weighted by molar-refractivity contribution is 7.80. The second kappa shape index (κ2) is 7.46. The Hall–Kier alpha value is -1.32. The Morgan fingerprint density at radius 1 is 1.45 bits per heavy atom. The molecule has 0 radical (unpaired) electrons. The number of aliphatic hydroxyl groups is 1. The number of likely N-dealkylation sites (tertiary alicyclic amines) is 1. The number of hydrogen-bond acceptors (Lipinski definition) is 6. The van der Waals surface area contributed by atoms with Crippen molar-refractivity contribution in [2.24, 2.45) is 5.73 Å². The summed E-state index contributed by atoms with van der Waals surface area (Å²) in [5.74, 6) is -2.28. The van der Waals surface area contributed by atoms with Crippen LogP contribution in [0.1, 0.15) is 12.8 Å². The zero-order valence-electron chi connectivity index (χ0n) is 10.9. The molecule has 2 amide bonds. The van der Waals surface area contributed by atoms with Gasteiger partial charge in [-0.05, 0) is 12.8 Å². The second-order valence-corrected chi connectivity index (χ2v) is 4.93. The average Bonchev–Trinajstić information content (AvgIpc) is 2.91. The van der Waals surface area contributed by atoms with Crippen LogP contribution >= 0.6 is 12.6 Å². The number of carboxylic acids is 1. The zero-order valence-corrected chi connectivity index (χ0v) is 11.8. The minimum Gasteiger partial charge on any atom is -0.480 e. The fraction of sp³-hybridized carbons (Fsp3) is 0.727. The van der Waals surface area contributed by atoms with Crippen molar-refractivity contribution in [2.75, 3.05) is 18.9 Å². The van der Waals surface area contributed by atoms with Crippen molar-refractivity contribution in [1.82, 2.24) is 10.2 Å². The summed E-state index contributed by atoms with van der Waals surface area (Å²) in [6, 6.07) is -2.92. The molecule has 0 saturated carbocycles. The minimum atomic E-state index is -1.18. The molecule has 3 atom stereocenters. The van der Waals surface area contributed by atoms with Crippen molar-refractivity contribution in [3.63, 3.8) is 0 Å². The van der Waals surface area contributed by atoms with Gasteiger partial charge in [0.15, 0.2) is 0 Å². The summed E-state index contributed by atoms with van der Waals surface area (Å²) in [7, 11) is 0. The van der Waals surface area contributed by atoms with Crippen molar-refractivity contribution in [1.29, 1.82) is 0 Å². The van der Waals surface area contributed by atoms with E-state index >= 15 is 0 Å². The third-order valence-electron chi connectivity index (χ3n) is 3.15. The van der Waals surface area contributed by atoms with E-state index in [4.69, 9.17) is 15.9 Å². The van der Waals surface area contributed by atoms with E-state index < -0.39 is 42.5 Å². The summed E-state index contributed by atoms with van der Waals surface area (Å²) in [5, 5.41) is 20.1. The number of rotatable bonds is 6. The molecule has 1 heterocycles. The molecule has 8 nitrogen and oxygen atoms in total. The van der Waals surface area contributed by atoms with Crippen LogP contribution in [0.3, 0.4) is 0 Å². The van der Waals surface area contributed by atoms with E-state index in [1.807, 2.05) is 0 Å². The number of carbonyl (C=O) groups is 3. The van der Waals surface area contributed by atoms with E-state index in [-0.39, 0.29) is 5.75 Å². The third kappa shape index (κ3) is 3.84. The number of aliphatic carboxylic acids is 1. The number of nitrogens with zero attached hydrogens (tertiary/aromatic N) is 1. The van der Waals surface area contributed by atoms with Crippen molar-refractivity contribution in [3.8, 4) is 0 Å². The molecule has 0 aromatic heterocycles.